The molecule has 4 nitrogen and oxygen atoms in total. The second kappa shape index (κ2) is 8.10. The molecule has 0 spiro atoms. The predicted octanol–water partition coefficient (Wildman–Crippen LogP) is 1.10. The molecule has 0 bridgehead atoms. The van der Waals surface area contributed by atoms with E-state index in [9.17, 15) is 5.11 Å². The summed E-state index contributed by atoms with van der Waals surface area (Å²) in [4.78, 5) is 2.48. The van der Waals surface area contributed by atoms with Crippen LogP contribution in [0.5, 0.6) is 0 Å². The first-order valence-electron chi connectivity index (χ1n) is 7.19. The summed E-state index contributed by atoms with van der Waals surface area (Å²) in [5.41, 5.74) is -0.0397. The van der Waals surface area contributed by atoms with Crippen LogP contribution in [-0.4, -0.2) is 62.0 Å². The van der Waals surface area contributed by atoms with Crippen LogP contribution in [0.3, 0.4) is 0 Å². The number of rotatable bonds is 8. The molecule has 0 aromatic rings. The van der Waals surface area contributed by atoms with Crippen LogP contribution in [0.4, 0.5) is 0 Å². The van der Waals surface area contributed by atoms with E-state index in [0.717, 1.165) is 52.0 Å². The lowest BCUT2D eigenvalue weighted by Gasteiger charge is -2.42. The average Bonchev–Trinajstić information content (AvgIpc) is 2.38. The van der Waals surface area contributed by atoms with Gasteiger partial charge in [0.15, 0.2) is 0 Å². The lowest BCUT2D eigenvalue weighted by atomic mass is 9.87. The smallest absolute Gasteiger partial charge is 0.0614 e. The third kappa shape index (κ3) is 5.22. The molecule has 1 saturated heterocycles. The van der Waals surface area contributed by atoms with Crippen molar-refractivity contribution in [3.63, 3.8) is 0 Å². The predicted molar refractivity (Wildman–Crippen MR) is 74.8 cm³/mol. The van der Waals surface area contributed by atoms with E-state index in [2.05, 4.69) is 24.1 Å². The van der Waals surface area contributed by atoms with Crippen molar-refractivity contribution in [2.75, 3.05) is 46.5 Å². The largest absolute Gasteiger partial charge is 0.394 e. The number of aliphatic hydroxyl groups is 1. The lowest BCUT2D eigenvalue weighted by Crippen LogP contribution is -2.56. The van der Waals surface area contributed by atoms with E-state index in [1.165, 1.54) is 0 Å². The number of ether oxygens (including phenoxy) is 1. The maximum Gasteiger partial charge on any atom is 0.0614 e. The summed E-state index contributed by atoms with van der Waals surface area (Å²) >= 11 is 0. The molecule has 1 rings (SSSR count). The van der Waals surface area contributed by atoms with E-state index >= 15 is 0 Å². The SMILES string of the molecule is COCCCN1CCC(CO)(NCC(C)C)CC1. The molecule has 0 aromatic carbocycles. The number of hydrogen-bond donors (Lipinski definition) is 2. The highest BCUT2D eigenvalue weighted by Crippen LogP contribution is 2.22. The topological polar surface area (TPSA) is 44.7 Å². The number of piperidine rings is 1. The van der Waals surface area contributed by atoms with Gasteiger partial charge in [-0.25, -0.2) is 0 Å². The Morgan fingerprint density at radius 2 is 2.00 bits per heavy atom. The van der Waals surface area contributed by atoms with Crippen molar-refractivity contribution in [2.45, 2.75) is 38.6 Å². The quantitative estimate of drug-likeness (QED) is 0.640. The van der Waals surface area contributed by atoms with Gasteiger partial charge in [0, 0.05) is 25.8 Å². The number of methoxy groups -OCH3 is 1. The molecule has 108 valence electrons. The molecule has 0 unspecified atom stereocenters. The molecule has 0 saturated carbocycles. The molecule has 2 N–H and O–H groups in total. The maximum absolute atomic E-state index is 9.65. The summed E-state index contributed by atoms with van der Waals surface area (Å²) in [6.45, 7) is 9.77. The van der Waals surface area contributed by atoms with Crippen molar-refractivity contribution in [1.29, 1.82) is 0 Å². The highest BCUT2D eigenvalue weighted by Gasteiger charge is 2.33. The Labute approximate surface area is 112 Å². The fourth-order valence-corrected chi connectivity index (χ4v) is 2.45. The third-order valence-electron chi connectivity index (χ3n) is 3.82. The van der Waals surface area contributed by atoms with Gasteiger partial charge in [0.05, 0.1) is 6.61 Å². The van der Waals surface area contributed by atoms with Gasteiger partial charge in [-0.15, -0.1) is 0 Å². The Bertz CT molecular complexity index is 214. The van der Waals surface area contributed by atoms with Crippen molar-refractivity contribution >= 4 is 0 Å². The van der Waals surface area contributed by atoms with Gasteiger partial charge in [0.25, 0.3) is 0 Å². The van der Waals surface area contributed by atoms with Gasteiger partial charge in [0.2, 0.25) is 0 Å². The van der Waals surface area contributed by atoms with Gasteiger partial charge in [-0.2, -0.15) is 0 Å². The van der Waals surface area contributed by atoms with Gasteiger partial charge >= 0.3 is 0 Å². The zero-order valence-corrected chi connectivity index (χ0v) is 12.2. The molecule has 1 aliphatic rings. The van der Waals surface area contributed by atoms with Crippen LogP contribution in [0.25, 0.3) is 0 Å². The second-order valence-corrected chi connectivity index (χ2v) is 5.90. The second-order valence-electron chi connectivity index (χ2n) is 5.90. The lowest BCUT2D eigenvalue weighted by molar-refractivity contribution is 0.0716. The summed E-state index contributed by atoms with van der Waals surface area (Å²) in [7, 11) is 1.75. The molecular weight excluding hydrogens is 228 g/mol. The fourth-order valence-electron chi connectivity index (χ4n) is 2.45. The van der Waals surface area contributed by atoms with Crippen LogP contribution in [-0.2, 0) is 4.74 Å². The van der Waals surface area contributed by atoms with Gasteiger partial charge in [-0.1, -0.05) is 13.8 Å². The van der Waals surface area contributed by atoms with Crippen LogP contribution in [0, 0.1) is 5.92 Å². The monoisotopic (exact) mass is 258 g/mol. The first-order valence-corrected chi connectivity index (χ1v) is 7.19. The van der Waals surface area contributed by atoms with Crippen molar-refractivity contribution in [3.8, 4) is 0 Å². The normalized spacial score (nSPS) is 20.5. The number of hydrogen-bond acceptors (Lipinski definition) is 4. The standard InChI is InChI=1S/C14H30N2O2/c1-13(2)11-15-14(12-17)5-8-16(9-6-14)7-4-10-18-3/h13,15,17H,4-12H2,1-3H3. The molecule has 0 radical (unpaired) electrons. The molecule has 0 aliphatic carbocycles. The molecule has 0 amide bonds. The first-order chi connectivity index (χ1) is 8.62. The minimum Gasteiger partial charge on any atom is -0.394 e. The van der Waals surface area contributed by atoms with Crippen molar-refractivity contribution in [2.24, 2.45) is 5.92 Å². The zero-order valence-electron chi connectivity index (χ0n) is 12.2. The molecule has 1 heterocycles. The van der Waals surface area contributed by atoms with Crippen LogP contribution in [0.1, 0.15) is 33.1 Å². The van der Waals surface area contributed by atoms with E-state index in [4.69, 9.17) is 4.74 Å². The van der Waals surface area contributed by atoms with Crippen LogP contribution >= 0.6 is 0 Å². The van der Waals surface area contributed by atoms with Crippen molar-refractivity contribution in [3.05, 3.63) is 0 Å². The van der Waals surface area contributed by atoms with Gasteiger partial charge in [0.1, 0.15) is 0 Å². The van der Waals surface area contributed by atoms with E-state index in [0.29, 0.717) is 5.92 Å². The number of likely N-dealkylation sites (tertiary alicyclic amines) is 1. The zero-order chi connectivity index (χ0) is 13.4. The highest BCUT2D eigenvalue weighted by molar-refractivity contribution is 4.93. The summed E-state index contributed by atoms with van der Waals surface area (Å²) in [5.74, 6) is 0.633. The fraction of sp³-hybridized carbons (Fsp3) is 1.00. The molecule has 4 heteroatoms. The Morgan fingerprint density at radius 3 is 2.50 bits per heavy atom. The molecule has 18 heavy (non-hydrogen) atoms. The van der Waals surface area contributed by atoms with E-state index in [1.54, 1.807) is 7.11 Å². The number of aliphatic hydroxyl groups excluding tert-OH is 1. The summed E-state index contributed by atoms with van der Waals surface area (Å²) in [5, 5.41) is 13.2. The molecular formula is C14H30N2O2. The molecule has 1 aliphatic heterocycles. The number of nitrogens with one attached hydrogen (secondary N) is 1. The van der Waals surface area contributed by atoms with E-state index in [-0.39, 0.29) is 12.1 Å². The number of nitrogens with zero attached hydrogens (tertiary/aromatic N) is 1. The Morgan fingerprint density at radius 1 is 1.33 bits per heavy atom. The van der Waals surface area contributed by atoms with Crippen molar-refractivity contribution < 1.29 is 9.84 Å². The maximum atomic E-state index is 9.65. The van der Waals surface area contributed by atoms with Gasteiger partial charge < -0.3 is 20.1 Å². The minimum atomic E-state index is -0.0397. The van der Waals surface area contributed by atoms with Crippen molar-refractivity contribution in [1.82, 2.24) is 10.2 Å². The van der Waals surface area contributed by atoms with Crippen LogP contribution in [0.2, 0.25) is 0 Å². The minimum absolute atomic E-state index is 0.0397. The summed E-state index contributed by atoms with van der Waals surface area (Å²) in [6.07, 6.45) is 3.19. The third-order valence-corrected chi connectivity index (χ3v) is 3.82. The average molecular weight is 258 g/mol. The van der Waals surface area contributed by atoms with E-state index in [1.807, 2.05) is 0 Å². The highest BCUT2D eigenvalue weighted by atomic mass is 16.5. The Hall–Kier alpha value is -0.160. The molecule has 1 fully saturated rings. The molecule has 0 atom stereocenters. The first kappa shape index (κ1) is 15.9. The Kier molecular flexibility index (Phi) is 7.15. The van der Waals surface area contributed by atoms with Crippen LogP contribution < -0.4 is 5.32 Å². The Balaban J connectivity index is 2.29. The summed E-state index contributed by atoms with van der Waals surface area (Å²) < 4.78 is 5.08. The van der Waals surface area contributed by atoms with E-state index < -0.39 is 0 Å². The summed E-state index contributed by atoms with van der Waals surface area (Å²) in [6, 6.07) is 0. The molecule has 0 aromatic heterocycles. The van der Waals surface area contributed by atoms with Gasteiger partial charge in [-0.05, 0) is 44.8 Å². The van der Waals surface area contributed by atoms with Gasteiger partial charge in [-0.3, -0.25) is 0 Å². The van der Waals surface area contributed by atoms with Crippen LogP contribution in [0.15, 0.2) is 0 Å².